The monoisotopic (exact) mass is 569 g/mol. The van der Waals surface area contributed by atoms with Crippen molar-refractivity contribution in [1.29, 1.82) is 5.26 Å². The third kappa shape index (κ3) is 4.86. The summed E-state index contributed by atoms with van der Waals surface area (Å²) >= 11 is 9.36. The van der Waals surface area contributed by atoms with Crippen molar-refractivity contribution in [2.45, 2.75) is 18.7 Å². The summed E-state index contributed by atoms with van der Waals surface area (Å²) in [6.07, 6.45) is 2.51. The van der Waals surface area contributed by atoms with E-state index in [1.54, 1.807) is 62.4 Å². The summed E-state index contributed by atoms with van der Waals surface area (Å²) in [6.45, 7) is 3.58. The quantitative estimate of drug-likeness (QED) is 0.279. The summed E-state index contributed by atoms with van der Waals surface area (Å²) in [4.78, 5) is 17.2. The first kappa shape index (κ1) is 24.7. The molecule has 176 valence electrons. The average Bonchev–Trinajstić information content (AvgIpc) is 2.82. The van der Waals surface area contributed by atoms with E-state index in [0.29, 0.717) is 26.5 Å². The van der Waals surface area contributed by atoms with E-state index in [1.807, 2.05) is 0 Å². The van der Waals surface area contributed by atoms with Crippen molar-refractivity contribution in [1.82, 2.24) is 9.38 Å². The lowest BCUT2D eigenvalue weighted by Gasteiger charge is -2.12. The highest BCUT2D eigenvalue weighted by molar-refractivity contribution is 9.10. The second-order valence-corrected chi connectivity index (χ2v) is 10.9. The smallest absolute Gasteiger partial charge is 0.269 e. The van der Waals surface area contributed by atoms with Crippen molar-refractivity contribution in [2.75, 3.05) is 0 Å². The molecule has 35 heavy (non-hydrogen) atoms. The molecule has 4 aromatic rings. The first-order valence-corrected chi connectivity index (χ1v) is 12.9. The molecule has 0 bridgehead atoms. The Hall–Kier alpha value is -3.45. The van der Waals surface area contributed by atoms with E-state index in [1.165, 1.54) is 22.7 Å². The molecule has 0 atom stereocenters. The summed E-state index contributed by atoms with van der Waals surface area (Å²) in [6, 6.07) is 15.9. The largest absolute Gasteiger partial charge is 0.438 e. The SMILES string of the molecule is Cc1cc(Oc2nc3c(C)cccn3c(=O)c2C=C(C#N)S(=O)(=O)c2ccc(Br)cc2)ccc1Cl. The van der Waals surface area contributed by atoms with Crippen LogP contribution in [0.3, 0.4) is 0 Å². The van der Waals surface area contributed by atoms with Crippen LogP contribution in [0.1, 0.15) is 16.7 Å². The third-order valence-electron chi connectivity index (χ3n) is 5.19. The molecule has 0 aliphatic rings. The molecule has 4 rings (SSSR count). The summed E-state index contributed by atoms with van der Waals surface area (Å²) in [5.74, 6) is 0.213. The molecule has 2 aromatic carbocycles. The van der Waals surface area contributed by atoms with Crippen molar-refractivity contribution in [3.05, 3.63) is 102 Å². The lowest BCUT2D eigenvalue weighted by Crippen LogP contribution is -2.20. The van der Waals surface area contributed by atoms with Gasteiger partial charge in [0.1, 0.15) is 27.9 Å². The molecule has 0 unspecified atom stereocenters. The predicted octanol–water partition coefficient (Wildman–Crippen LogP) is 5.86. The number of rotatable bonds is 5. The molecule has 2 heterocycles. The number of benzene rings is 2. The van der Waals surface area contributed by atoms with Crippen LogP contribution < -0.4 is 10.3 Å². The van der Waals surface area contributed by atoms with Crippen molar-refractivity contribution >= 4 is 49.1 Å². The molecule has 0 fully saturated rings. The lowest BCUT2D eigenvalue weighted by atomic mass is 10.2. The molecular weight excluding hydrogens is 554 g/mol. The van der Waals surface area contributed by atoms with Crippen LogP contribution in [0.5, 0.6) is 11.6 Å². The number of pyridine rings is 1. The molecule has 0 saturated heterocycles. The predicted molar refractivity (Wildman–Crippen MR) is 137 cm³/mol. The number of fused-ring (bicyclic) bond motifs is 1. The summed E-state index contributed by atoms with van der Waals surface area (Å²) in [5.41, 5.74) is 1.02. The number of nitriles is 1. The van der Waals surface area contributed by atoms with Gasteiger partial charge in [0.15, 0.2) is 0 Å². The zero-order valence-corrected chi connectivity index (χ0v) is 21.6. The van der Waals surface area contributed by atoms with Gasteiger partial charge in [-0.3, -0.25) is 9.20 Å². The Labute approximate surface area is 214 Å². The maximum Gasteiger partial charge on any atom is 0.269 e. The second kappa shape index (κ2) is 9.66. The zero-order chi connectivity index (χ0) is 25.3. The number of aryl methyl sites for hydroxylation is 2. The number of sulfone groups is 1. The normalized spacial score (nSPS) is 11.9. The highest BCUT2D eigenvalue weighted by Gasteiger charge is 2.24. The van der Waals surface area contributed by atoms with Crippen molar-refractivity contribution in [3.63, 3.8) is 0 Å². The number of hydrogen-bond donors (Lipinski definition) is 0. The van der Waals surface area contributed by atoms with E-state index in [9.17, 15) is 18.5 Å². The van der Waals surface area contributed by atoms with Crippen LogP contribution in [0, 0.1) is 25.2 Å². The van der Waals surface area contributed by atoms with Crippen LogP contribution in [-0.4, -0.2) is 17.8 Å². The number of allylic oxidation sites excluding steroid dienone is 1. The highest BCUT2D eigenvalue weighted by atomic mass is 79.9. The van der Waals surface area contributed by atoms with Crippen molar-refractivity contribution in [3.8, 4) is 17.7 Å². The Morgan fingerprint density at radius 3 is 2.51 bits per heavy atom. The topological polar surface area (TPSA) is 102 Å². The molecule has 0 radical (unpaired) electrons. The number of hydrogen-bond acceptors (Lipinski definition) is 6. The summed E-state index contributed by atoms with van der Waals surface area (Å²) < 4.78 is 34.2. The molecule has 0 N–H and O–H groups in total. The van der Waals surface area contributed by atoms with E-state index in [4.69, 9.17) is 16.3 Å². The van der Waals surface area contributed by atoms with Gasteiger partial charge >= 0.3 is 0 Å². The highest BCUT2D eigenvalue weighted by Crippen LogP contribution is 2.29. The summed E-state index contributed by atoms with van der Waals surface area (Å²) in [5, 5.41) is 10.3. The van der Waals surface area contributed by atoms with Gasteiger partial charge in [-0.05, 0) is 79.6 Å². The fraction of sp³-hybridized carbons (Fsp3) is 0.0800. The third-order valence-corrected chi connectivity index (χ3v) is 7.83. The van der Waals surface area contributed by atoms with Gasteiger partial charge < -0.3 is 4.74 Å². The molecule has 0 amide bonds. The van der Waals surface area contributed by atoms with Crippen molar-refractivity contribution < 1.29 is 13.2 Å². The van der Waals surface area contributed by atoms with Gasteiger partial charge in [-0.2, -0.15) is 10.2 Å². The number of aromatic nitrogens is 2. The minimum absolute atomic E-state index is 0.0889. The maximum absolute atomic E-state index is 13.4. The fourth-order valence-corrected chi connectivity index (χ4v) is 4.85. The van der Waals surface area contributed by atoms with E-state index in [0.717, 1.165) is 11.6 Å². The molecule has 7 nitrogen and oxygen atoms in total. The van der Waals surface area contributed by atoms with Crippen LogP contribution in [-0.2, 0) is 9.84 Å². The van der Waals surface area contributed by atoms with Crippen LogP contribution in [0.25, 0.3) is 11.7 Å². The number of halogens is 2. The van der Waals surface area contributed by atoms with Crippen LogP contribution in [0.4, 0.5) is 0 Å². The minimum atomic E-state index is -4.22. The Morgan fingerprint density at radius 2 is 1.86 bits per heavy atom. The van der Waals surface area contributed by atoms with E-state index < -0.39 is 20.3 Å². The first-order chi connectivity index (χ1) is 16.6. The first-order valence-electron chi connectivity index (χ1n) is 10.2. The maximum atomic E-state index is 13.4. The number of nitrogens with zero attached hydrogens (tertiary/aromatic N) is 3. The van der Waals surface area contributed by atoms with E-state index in [-0.39, 0.29) is 16.3 Å². The fourth-order valence-electron chi connectivity index (χ4n) is 3.33. The molecule has 2 aromatic heterocycles. The van der Waals surface area contributed by atoms with E-state index in [2.05, 4.69) is 20.9 Å². The molecule has 10 heteroatoms. The standard InChI is InChI=1S/C25H17BrClN3O4S/c1-15-4-3-11-30-23(15)29-24(34-18-7-10-22(27)16(2)12-18)21(25(30)31)13-20(14-28)35(32,33)19-8-5-17(26)6-9-19/h3-13H,1-2H3. The molecule has 0 aliphatic carbocycles. The number of ether oxygens (including phenoxy) is 1. The Kier molecular flexibility index (Phi) is 6.81. The van der Waals surface area contributed by atoms with Gasteiger partial charge in [0, 0.05) is 15.7 Å². The lowest BCUT2D eigenvalue weighted by molar-refractivity contribution is 0.460. The van der Waals surface area contributed by atoms with Gasteiger partial charge in [-0.25, -0.2) is 8.42 Å². The van der Waals surface area contributed by atoms with Crippen molar-refractivity contribution in [2.24, 2.45) is 0 Å². The zero-order valence-electron chi connectivity index (χ0n) is 18.5. The molecule has 0 spiro atoms. The minimum Gasteiger partial charge on any atom is -0.438 e. The van der Waals surface area contributed by atoms with Crippen LogP contribution in [0.15, 0.2) is 79.9 Å². The van der Waals surface area contributed by atoms with Crippen LogP contribution >= 0.6 is 27.5 Å². The van der Waals surface area contributed by atoms with Crippen LogP contribution in [0.2, 0.25) is 5.02 Å². The Bertz CT molecular complexity index is 1710. The second-order valence-electron chi connectivity index (χ2n) is 7.61. The van der Waals surface area contributed by atoms with Gasteiger partial charge in [0.05, 0.1) is 4.90 Å². The van der Waals surface area contributed by atoms with Gasteiger partial charge in [-0.1, -0.05) is 33.6 Å². The van der Waals surface area contributed by atoms with E-state index >= 15 is 0 Å². The molecule has 0 saturated carbocycles. The Balaban J connectivity index is 1.96. The summed E-state index contributed by atoms with van der Waals surface area (Å²) in [7, 11) is -4.22. The van der Waals surface area contributed by atoms with Gasteiger partial charge in [0.2, 0.25) is 15.7 Å². The molecule has 0 aliphatic heterocycles. The molecular formula is C25H17BrClN3O4S. The average molecular weight is 571 g/mol. The van der Waals surface area contributed by atoms with Gasteiger partial charge in [-0.15, -0.1) is 0 Å². The Morgan fingerprint density at radius 1 is 1.14 bits per heavy atom. The van der Waals surface area contributed by atoms with Gasteiger partial charge in [0.25, 0.3) is 5.56 Å².